The average molecular weight is 1530 g/mol. The summed E-state index contributed by atoms with van der Waals surface area (Å²) in [5, 5.41) is 121. The van der Waals surface area contributed by atoms with Crippen molar-refractivity contribution in [2.75, 3.05) is 26.4 Å². The maximum absolute atomic E-state index is 13.5. The fourth-order valence-corrected chi connectivity index (χ4v) is 15.6. The summed E-state index contributed by atoms with van der Waals surface area (Å²) in [6, 6.07) is -0.888. The van der Waals surface area contributed by atoms with E-state index in [4.69, 9.17) is 28.4 Å². The summed E-state index contributed by atoms with van der Waals surface area (Å²) in [6.45, 7) is 1.86. The second kappa shape index (κ2) is 68.7. The Morgan fingerprint density at radius 3 is 0.953 bits per heavy atom. The van der Waals surface area contributed by atoms with E-state index in [1.165, 1.54) is 315 Å². The summed E-state index contributed by atoms with van der Waals surface area (Å²) in [6.07, 6.45) is 58.6. The second-order valence-electron chi connectivity index (χ2n) is 32.4. The molecule has 1 amide bonds. The van der Waals surface area contributed by atoms with Gasteiger partial charge in [0, 0.05) is 6.42 Å². The molecule has 0 aliphatic carbocycles. The molecule has 0 aromatic heterocycles. The van der Waals surface area contributed by atoms with Crippen LogP contribution in [0.15, 0.2) is 24.3 Å². The second-order valence-corrected chi connectivity index (χ2v) is 32.4. The Morgan fingerprint density at radius 1 is 0.336 bits per heavy atom. The quantitative estimate of drug-likeness (QED) is 0.0199. The first kappa shape index (κ1) is 99.5. The van der Waals surface area contributed by atoms with Crippen molar-refractivity contribution in [3.05, 3.63) is 24.3 Å². The monoisotopic (exact) mass is 1530 g/mol. The van der Waals surface area contributed by atoms with E-state index in [-0.39, 0.29) is 18.9 Å². The lowest BCUT2D eigenvalue weighted by atomic mass is 9.96. The Balaban J connectivity index is 1.32. The molecule has 0 radical (unpaired) electrons. The number of rotatable bonds is 74. The molecule has 3 saturated heterocycles. The van der Waals surface area contributed by atoms with Gasteiger partial charge in [-0.05, 0) is 44.9 Å². The smallest absolute Gasteiger partial charge is 0.220 e. The van der Waals surface area contributed by atoms with Crippen molar-refractivity contribution >= 4 is 5.91 Å². The number of aliphatic hydroxyl groups is 11. The molecule has 12 N–H and O–H groups in total. The van der Waals surface area contributed by atoms with E-state index >= 15 is 0 Å². The Bertz CT molecular complexity index is 2020. The third kappa shape index (κ3) is 47.7. The van der Waals surface area contributed by atoms with Crippen molar-refractivity contribution in [1.82, 2.24) is 5.32 Å². The van der Waals surface area contributed by atoms with Crippen LogP contribution in [0, 0.1) is 0 Å². The topological polar surface area (TPSA) is 307 Å². The van der Waals surface area contributed by atoms with Crippen LogP contribution < -0.4 is 5.32 Å². The zero-order valence-electron chi connectivity index (χ0n) is 68.2. The minimum absolute atomic E-state index is 0.234. The minimum atomic E-state index is -1.97. The first-order chi connectivity index (χ1) is 52.3. The minimum Gasteiger partial charge on any atom is -0.394 e. The van der Waals surface area contributed by atoms with Gasteiger partial charge in [-0.3, -0.25) is 4.79 Å². The number of ether oxygens (including phenoxy) is 6. The lowest BCUT2D eigenvalue weighted by Crippen LogP contribution is -2.66. The van der Waals surface area contributed by atoms with Gasteiger partial charge in [0.25, 0.3) is 0 Å². The molecule has 3 aliphatic heterocycles. The number of aliphatic hydroxyl groups excluding tert-OH is 11. The van der Waals surface area contributed by atoms with Crippen LogP contribution in [-0.4, -0.2) is 193 Å². The van der Waals surface area contributed by atoms with Crippen molar-refractivity contribution < 1.29 is 89.4 Å². The van der Waals surface area contributed by atoms with Crippen LogP contribution in [0.3, 0.4) is 0 Å². The lowest BCUT2D eigenvalue weighted by molar-refractivity contribution is -0.379. The largest absolute Gasteiger partial charge is 0.394 e. The number of nitrogens with one attached hydrogen (secondary N) is 1. The Labute approximate surface area is 651 Å². The van der Waals surface area contributed by atoms with E-state index < -0.39 is 124 Å². The molecule has 3 fully saturated rings. The lowest BCUT2D eigenvalue weighted by Gasteiger charge is -2.48. The van der Waals surface area contributed by atoms with Gasteiger partial charge < -0.3 is 89.9 Å². The molecule has 0 saturated carbocycles. The first-order valence-electron chi connectivity index (χ1n) is 45.1. The van der Waals surface area contributed by atoms with Crippen LogP contribution in [0.1, 0.15) is 399 Å². The average Bonchev–Trinajstić information content (AvgIpc) is 0.781. The van der Waals surface area contributed by atoms with E-state index in [0.717, 1.165) is 51.4 Å². The van der Waals surface area contributed by atoms with E-state index in [0.29, 0.717) is 12.8 Å². The highest BCUT2D eigenvalue weighted by atomic mass is 16.8. The number of amides is 1. The Kier molecular flexibility index (Phi) is 63.8. The van der Waals surface area contributed by atoms with Crippen molar-refractivity contribution in [1.29, 1.82) is 0 Å². The molecule has 3 rings (SSSR count). The van der Waals surface area contributed by atoms with Crippen LogP contribution in [0.5, 0.6) is 0 Å². The molecule has 17 unspecified atom stereocenters. The molecule has 0 bridgehead atoms. The van der Waals surface area contributed by atoms with Crippen molar-refractivity contribution in [3.8, 4) is 0 Å². The van der Waals surface area contributed by atoms with Gasteiger partial charge in [-0.2, -0.15) is 0 Å². The van der Waals surface area contributed by atoms with E-state index in [1.54, 1.807) is 0 Å². The van der Waals surface area contributed by atoms with Crippen molar-refractivity contribution in [3.63, 3.8) is 0 Å². The SMILES string of the molecule is CCCCCCC/C=C\C/C=C\CCCCCCCCCCCCCCCCCCCC(=O)NC(COC1OC(CO)C(OC2OC(CO)C(OC3OC(CO)C(O)C(O)C3O)C(O)C2O)C(O)C1O)C(O)CCCCCCCCCCCCCCCCCCCCCCCCCCCCCCCCCCC. The van der Waals surface area contributed by atoms with Gasteiger partial charge in [0.15, 0.2) is 18.9 Å². The van der Waals surface area contributed by atoms with Gasteiger partial charge in [-0.1, -0.05) is 372 Å². The van der Waals surface area contributed by atoms with Gasteiger partial charge in [-0.15, -0.1) is 0 Å². The van der Waals surface area contributed by atoms with Crippen molar-refractivity contribution in [2.24, 2.45) is 0 Å². The summed E-state index contributed by atoms with van der Waals surface area (Å²) in [4.78, 5) is 13.5. The summed E-state index contributed by atoms with van der Waals surface area (Å²) in [5.74, 6) is -0.234. The molecule has 3 aliphatic rings. The van der Waals surface area contributed by atoms with Gasteiger partial charge in [-0.25, -0.2) is 0 Å². The highest BCUT2D eigenvalue weighted by molar-refractivity contribution is 5.76. The maximum atomic E-state index is 13.5. The predicted octanol–water partition coefficient (Wildman–Crippen LogP) is 16.9. The van der Waals surface area contributed by atoms with Crippen LogP contribution in [0.2, 0.25) is 0 Å². The normalized spacial score (nSPS) is 25.6. The molecule has 19 heteroatoms. The predicted molar refractivity (Wildman–Crippen MR) is 430 cm³/mol. The van der Waals surface area contributed by atoms with Gasteiger partial charge >= 0.3 is 0 Å². The third-order valence-corrected chi connectivity index (χ3v) is 22.8. The zero-order chi connectivity index (χ0) is 77.4. The first-order valence-corrected chi connectivity index (χ1v) is 45.1. The van der Waals surface area contributed by atoms with Crippen molar-refractivity contribution in [2.45, 2.75) is 503 Å². The molecule has 107 heavy (non-hydrogen) atoms. The highest BCUT2D eigenvalue weighted by Gasteiger charge is 2.54. The zero-order valence-corrected chi connectivity index (χ0v) is 68.2. The number of allylic oxidation sites excluding steroid dienone is 4. The van der Waals surface area contributed by atoms with Crippen LogP contribution >= 0.6 is 0 Å². The Hall–Kier alpha value is -1.73. The van der Waals surface area contributed by atoms with Gasteiger partial charge in [0.2, 0.25) is 5.91 Å². The Morgan fingerprint density at radius 2 is 0.617 bits per heavy atom. The standard InChI is InChI=1S/C88H167NO18/c1-3-5-7-9-11-13-15-17-19-21-23-25-27-29-31-33-34-35-36-38-39-41-43-45-47-49-51-53-55-57-59-61-63-65-72(93)71(89-76(94)66-64-62-60-58-56-54-52-50-48-46-44-42-40-37-32-30-28-26-24-22-20-18-16-14-12-10-8-6-4-2)70-102-86-82(100)79(97)84(74(68-91)104-86)107-88-83(101)80(98)85(75(69-92)105-88)106-87-81(99)78(96)77(95)73(67-90)103-87/h16,18,22,24,71-75,77-88,90-93,95-101H,3-15,17,19-21,23,25-70H2,1-2H3,(H,89,94)/b18-16-,24-22-. The number of unbranched alkanes of at least 4 members (excludes halogenated alkanes) is 54. The molecule has 632 valence electrons. The number of hydrogen-bond acceptors (Lipinski definition) is 18. The highest BCUT2D eigenvalue weighted by Crippen LogP contribution is 2.34. The molecular formula is C88H167NO18. The third-order valence-electron chi connectivity index (χ3n) is 22.8. The van der Waals surface area contributed by atoms with E-state index in [2.05, 4.69) is 43.5 Å². The maximum Gasteiger partial charge on any atom is 0.220 e. The summed E-state index contributed by atoms with van der Waals surface area (Å²) >= 11 is 0. The number of carbonyl (C=O) groups is 1. The summed E-state index contributed by atoms with van der Waals surface area (Å²) in [5.41, 5.74) is 0. The number of hydrogen-bond donors (Lipinski definition) is 12. The van der Waals surface area contributed by atoms with Crippen LogP contribution in [0.25, 0.3) is 0 Å². The summed E-state index contributed by atoms with van der Waals surface area (Å²) < 4.78 is 34.6. The fourth-order valence-electron chi connectivity index (χ4n) is 15.6. The van der Waals surface area contributed by atoms with E-state index in [9.17, 15) is 61.0 Å². The number of carbonyl (C=O) groups excluding carboxylic acids is 1. The van der Waals surface area contributed by atoms with E-state index in [1.807, 2.05) is 0 Å². The molecule has 3 heterocycles. The molecule has 0 spiro atoms. The summed E-state index contributed by atoms with van der Waals surface area (Å²) in [7, 11) is 0. The molecule has 17 atom stereocenters. The van der Waals surface area contributed by atoms with Crippen LogP contribution in [-0.2, 0) is 33.2 Å². The molecule has 19 nitrogen and oxygen atoms in total. The molecule has 0 aromatic rings. The molecule has 0 aromatic carbocycles. The van der Waals surface area contributed by atoms with Gasteiger partial charge in [0.05, 0.1) is 38.6 Å². The van der Waals surface area contributed by atoms with Crippen LogP contribution in [0.4, 0.5) is 0 Å². The molecular weight excluding hydrogens is 1360 g/mol. The fraction of sp³-hybridized carbons (Fsp3) is 0.943. The van der Waals surface area contributed by atoms with Gasteiger partial charge in [0.1, 0.15) is 73.2 Å².